The van der Waals surface area contributed by atoms with E-state index in [1.54, 1.807) is 6.08 Å². The highest BCUT2D eigenvalue weighted by molar-refractivity contribution is 6.09. The molecule has 0 atom stereocenters. The van der Waals surface area contributed by atoms with Crippen LogP contribution in [0.2, 0.25) is 0 Å². The summed E-state index contributed by atoms with van der Waals surface area (Å²) in [6, 6.07) is 8.04. The van der Waals surface area contributed by atoms with Crippen molar-refractivity contribution in [1.29, 1.82) is 5.26 Å². The second kappa shape index (κ2) is 8.95. The van der Waals surface area contributed by atoms with E-state index in [9.17, 15) is 19.2 Å². The van der Waals surface area contributed by atoms with Crippen molar-refractivity contribution in [2.75, 3.05) is 16.8 Å². The normalized spacial score (nSPS) is 14.2. The van der Waals surface area contributed by atoms with Crippen molar-refractivity contribution in [2.45, 2.75) is 46.6 Å². The van der Waals surface area contributed by atoms with Crippen LogP contribution in [0, 0.1) is 31.0 Å². The lowest BCUT2D eigenvalue weighted by Gasteiger charge is -2.17. The molecule has 0 unspecified atom stereocenters. The zero-order chi connectivity index (χ0) is 21.8. The molecule has 1 N–H and O–H groups in total. The Morgan fingerprint density at radius 3 is 2.70 bits per heavy atom. The van der Waals surface area contributed by atoms with Crippen molar-refractivity contribution in [1.82, 2.24) is 4.57 Å². The summed E-state index contributed by atoms with van der Waals surface area (Å²) in [4.78, 5) is 25.8. The van der Waals surface area contributed by atoms with Crippen LogP contribution in [0.4, 0.5) is 15.8 Å². The van der Waals surface area contributed by atoms with Gasteiger partial charge in [0.05, 0.1) is 5.69 Å². The van der Waals surface area contributed by atoms with Gasteiger partial charge in [0.25, 0.3) is 5.91 Å². The lowest BCUT2D eigenvalue weighted by Crippen LogP contribution is -2.24. The Bertz CT molecular complexity index is 1060. The number of rotatable bonds is 6. The maximum absolute atomic E-state index is 14.5. The molecular formula is C23H25FN4O2. The van der Waals surface area contributed by atoms with E-state index in [0.29, 0.717) is 19.4 Å². The highest BCUT2D eigenvalue weighted by atomic mass is 19.1. The van der Waals surface area contributed by atoms with E-state index in [-0.39, 0.29) is 22.9 Å². The van der Waals surface area contributed by atoms with Gasteiger partial charge in [-0.2, -0.15) is 5.26 Å². The molecule has 7 heteroatoms. The number of nitrogens with one attached hydrogen (secondary N) is 1. The minimum absolute atomic E-state index is 0.0639. The van der Waals surface area contributed by atoms with Crippen LogP contribution in [0.25, 0.3) is 6.08 Å². The monoisotopic (exact) mass is 408 g/mol. The molecule has 0 spiro atoms. The Balaban J connectivity index is 1.80. The molecule has 6 nitrogen and oxygen atoms in total. The van der Waals surface area contributed by atoms with Crippen molar-refractivity contribution < 1.29 is 14.0 Å². The van der Waals surface area contributed by atoms with E-state index in [1.807, 2.05) is 26.0 Å². The highest BCUT2D eigenvalue weighted by Gasteiger charge is 2.24. The summed E-state index contributed by atoms with van der Waals surface area (Å²) in [5.41, 5.74) is 3.22. The second-order valence-corrected chi connectivity index (χ2v) is 7.42. The molecule has 1 aliphatic heterocycles. The van der Waals surface area contributed by atoms with E-state index < -0.39 is 11.7 Å². The molecule has 2 amide bonds. The molecule has 1 aromatic heterocycles. The summed E-state index contributed by atoms with van der Waals surface area (Å²) in [7, 11) is 0. The molecule has 1 aromatic carbocycles. The molecule has 0 bridgehead atoms. The van der Waals surface area contributed by atoms with Crippen molar-refractivity contribution >= 4 is 29.3 Å². The zero-order valence-corrected chi connectivity index (χ0v) is 17.5. The molecule has 1 saturated heterocycles. The molecule has 0 radical (unpaired) electrons. The SMILES string of the molecule is CCCn1c(C)cc(/C=C(/C#N)C(=O)Nc2ccc(N3CCCC3=O)c(F)c2)c1C. The number of carbonyl (C=O) groups is 2. The van der Waals surface area contributed by atoms with E-state index in [1.165, 1.54) is 23.1 Å². The van der Waals surface area contributed by atoms with E-state index >= 15 is 0 Å². The summed E-state index contributed by atoms with van der Waals surface area (Å²) in [6.07, 6.45) is 3.65. The number of amides is 2. The topological polar surface area (TPSA) is 78.1 Å². The third kappa shape index (κ3) is 4.28. The maximum Gasteiger partial charge on any atom is 0.266 e. The summed E-state index contributed by atoms with van der Waals surface area (Å²) in [6.45, 7) is 7.38. The molecule has 2 heterocycles. The van der Waals surface area contributed by atoms with Crippen LogP contribution in [0.15, 0.2) is 29.8 Å². The second-order valence-electron chi connectivity index (χ2n) is 7.42. The number of benzene rings is 1. The Kier molecular flexibility index (Phi) is 6.36. The number of aromatic nitrogens is 1. The quantitative estimate of drug-likeness (QED) is 0.571. The van der Waals surface area contributed by atoms with Crippen molar-refractivity contribution in [2.24, 2.45) is 0 Å². The van der Waals surface area contributed by atoms with Crippen LogP contribution in [-0.4, -0.2) is 22.9 Å². The summed E-state index contributed by atoms with van der Waals surface area (Å²) in [5.74, 6) is -1.31. The highest BCUT2D eigenvalue weighted by Crippen LogP contribution is 2.27. The first-order chi connectivity index (χ1) is 14.3. The van der Waals surface area contributed by atoms with Gasteiger partial charge in [0.15, 0.2) is 0 Å². The predicted octanol–water partition coefficient (Wildman–Crippen LogP) is 4.33. The average Bonchev–Trinajstić information content (AvgIpc) is 3.24. The lowest BCUT2D eigenvalue weighted by molar-refractivity contribution is -0.117. The molecule has 0 aliphatic carbocycles. The number of aryl methyl sites for hydroxylation is 1. The van der Waals surface area contributed by atoms with E-state index in [0.717, 1.165) is 29.9 Å². The molecule has 30 heavy (non-hydrogen) atoms. The van der Waals surface area contributed by atoms with Crippen LogP contribution in [0.5, 0.6) is 0 Å². The lowest BCUT2D eigenvalue weighted by atomic mass is 10.1. The van der Waals surface area contributed by atoms with Gasteiger partial charge in [-0.05, 0) is 62.6 Å². The van der Waals surface area contributed by atoms with Gasteiger partial charge in [-0.1, -0.05) is 6.92 Å². The first-order valence-corrected chi connectivity index (χ1v) is 10.1. The average molecular weight is 408 g/mol. The van der Waals surface area contributed by atoms with Gasteiger partial charge in [0.2, 0.25) is 5.91 Å². The maximum atomic E-state index is 14.5. The van der Waals surface area contributed by atoms with Gasteiger partial charge >= 0.3 is 0 Å². The predicted molar refractivity (Wildman–Crippen MR) is 114 cm³/mol. The fraction of sp³-hybridized carbons (Fsp3) is 0.348. The molecule has 156 valence electrons. The Labute approximate surface area is 175 Å². The summed E-state index contributed by atoms with van der Waals surface area (Å²) in [5, 5.41) is 12.0. The standard InChI is InChI=1S/C23H25FN4O2/c1-4-9-27-15(2)11-17(16(27)3)12-18(14-25)23(30)26-19-7-8-21(20(24)13-19)28-10-5-6-22(28)29/h7-8,11-13H,4-6,9-10H2,1-3H3,(H,26,30)/b18-12-. The Morgan fingerprint density at radius 2 is 2.10 bits per heavy atom. The van der Waals surface area contributed by atoms with E-state index in [2.05, 4.69) is 16.8 Å². The van der Waals surface area contributed by atoms with Gasteiger partial charge in [0.1, 0.15) is 17.5 Å². The van der Waals surface area contributed by atoms with Crippen molar-refractivity contribution in [3.8, 4) is 6.07 Å². The fourth-order valence-corrected chi connectivity index (χ4v) is 3.75. The van der Waals surface area contributed by atoms with Crippen LogP contribution >= 0.6 is 0 Å². The van der Waals surface area contributed by atoms with Crippen molar-refractivity contribution in [3.05, 3.63) is 52.6 Å². The first-order valence-electron chi connectivity index (χ1n) is 10.1. The van der Waals surface area contributed by atoms with Gasteiger partial charge in [-0.15, -0.1) is 0 Å². The number of anilines is 2. The van der Waals surface area contributed by atoms with Crippen LogP contribution < -0.4 is 10.2 Å². The number of carbonyl (C=O) groups excluding carboxylic acids is 2. The summed E-state index contributed by atoms with van der Waals surface area (Å²) < 4.78 is 16.6. The van der Waals surface area contributed by atoms with Crippen LogP contribution in [0.3, 0.4) is 0 Å². The fourth-order valence-electron chi connectivity index (χ4n) is 3.75. The Hall–Kier alpha value is -3.40. The largest absolute Gasteiger partial charge is 0.349 e. The van der Waals surface area contributed by atoms with Crippen molar-refractivity contribution in [3.63, 3.8) is 0 Å². The number of hydrogen-bond donors (Lipinski definition) is 1. The molecule has 1 aliphatic rings. The van der Waals surface area contributed by atoms with Gasteiger partial charge < -0.3 is 14.8 Å². The number of hydrogen-bond acceptors (Lipinski definition) is 3. The number of halogens is 1. The minimum atomic E-state index is -0.609. The molecular weight excluding hydrogens is 383 g/mol. The molecule has 0 saturated carbocycles. The third-order valence-corrected chi connectivity index (χ3v) is 5.29. The Morgan fingerprint density at radius 1 is 1.33 bits per heavy atom. The number of nitriles is 1. The minimum Gasteiger partial charge on any atom is -0.349 e. The molecule has 3 rings (SSSR count). The van der Waals surface area contributed by atoms with E-state index in [4.69, 9.17) is 0 Å². The zero-order valence-electron chi connectivity index (χ0n) is 17.5. The number of nitrogens with zero attached hydrogens (tertiary/aromatic N) is 3. The molecule has 1 fully saturated rings. The van der Waals surface area contributed by atoms with Gasteiger partial charge in [-0.3, -0.25) is 9.59 Å². The summed E-state index contributed by atoms with van der Waals surface area (Å²) >= 11 is 0. The third-order valence-electron chi connectivity index (χ3n) is 5.29. The van der Waals surface area contributed by atoms with Crippen LogP contribution in [0.1, 0.15) is 43.1 Å². The van der Waals surface area contributed by atoms with Gasteiger partial charge in [-0.25, -0.2) is 4.39 Å². The first kappa shape index (κ1) is 21.3. The van der Waals surface area contributed by atoms with Crippen LogP contribution in [-0.2, 0) is 16.1 Å². The smallest absolute Gasteiger partial charge is 0.266 e. The molecule has 2 aromatic rings. The van der Waals surface area contributed by atoms with Gasteiger partial charge in [0, 0.05) is 36.6 Å².